The van der Waals surface area contributed by atoms with E-state index in [1.165, 1.54) is 6.07 Å². The van der Waals surface area contributed by atoms with Gasteiger partial charge in [-0.15, -0.1) is 0 Å². The third kappa shape index (κ3) is 2.71. The van der Waals surface area contributed by atoms with Crippen molar-refractivity contribution in [1.29, 1.82) is 0 Å². The zero-order valence-electron chi connectivity index (χ0n) is 9.78. The van der Waals surface area contributed by atoms with Crippen LogP contribution in [0, 0.1) is 12.7 Å². The summed E-state index contributed by atoms with van der Waals surface area (Å²) >= 11 is 0. The van der Waals surface area contributed by atoms with E-state index in [0.29, 0.717) is 12.0 Å². The highest BCUT2D eigenvalue weighted by Gasteiger charge is 2.01. The molecule has 1 nitrogen and oxygen atoms in total. The number of aliphatic hydroxyl groups is 1. The topological polar surface area (TPSA) is 20.2 Å². The van der Waals surface area contributed by atoms with E-state index in [9.17, 15) is 4.39 Å². The minimum atomic E-state index is -0.175. The van der Waals surface area contributed by atoms with Gasteiger partial charge in [0.25, 0.3) is 0 Å². The molecule has 0 unspecified atom stereocenters. The summed E-state index contributed by atoms with van der Waals surface area (Å²) < 4.78 is 13.2. The van der Waals surface area contributed by atoms with E-state index < -0.39 is 0 Å². The number of hydrogen-bond donors (Lipinski definition) is 1. The van der Waals surface area contributed by atoms with Crippen molar-refractivity contribution in [3.8, 4) is 11.1 Å². The van der Waals surface area contributed by atoms with E-state index in [0.717, 1.165) is 16.7 Å². The summed E-state index contributed by atoms with van der Waals surface area (Å²) in [6, 6.07) is 13.1. The van der Waals surface area contributed by atoms with Crippen molar-refractivity contribution < 1.29 is 9.50 Å². The quantitative estimate of drug-likeness (QED) is 0.857. The predicted molar refractivity (Wildman–Crippen MR) is 67.4 cm³/mol. The second-order valence-corrected chi connectivity index (χ2v) is 4.13. The van der Waals surface area contributed by atoms with Gasteiger partial charge in [0, 0.05) is 6.61 Å². The van der Waals surface area contributed by atoms with Crippen molar-refractivity contribution in [3.63, 3.8) is 0 Å². The Morgan fingerprint density at radius 3 is 2.24 bits per heavy atom. The number of benzene rings is 2. The van der Waals surface area contributed by atoms with E-state index in [1.54, 1.807) is 13.0 Å². The van der Waals surface area contributed by atoms with E-state index in [2.05, 4.69) is 0 Å². The highest BCUT2D eigenvalue weighted by Crippen LogP contribution is 2.22. The largest absolute Gasteiger partial charge is 0.396 e. The third-order valence-electron chi connectivity index (χ3n) is 2.85. The van der Waals surface area contributed by atoms with Crippen LogP contribution in [0.4, 0.5) is 4.39 Å². The van der Waals surface area contributed by atoms with Crippen LogP contribution in [0.5, 0.6) is 0 Å². The number of rotatable bonds is 3. The molecule has 0 saturated carbocycles. The summed E-state index contributed by atoms with van der Waals surface area (Å²) in [4.78, 5) is 0. The van der Waals surface area contributed by atoms with Crippen LogP contribution >= 0.6 is 0 Å². The van der Waals surface area contributed by atoms with Gasteiger partial charge in [-0.3, -0.25) is 0 Å². The van der Waals surface area contributed by atoms with Gasteiger partial charge in [-0.25, -0.2) is 4.39 Å². The molecule has 2 aromatic carbocycles. The second kappa shape index (κ2) is 5.11. The van der Waals surface area contributed by atoms with Gasteiger partial charge in [-0.1, -0.05) is 30.3 Å². The molecular formula is C15H15FO. The molecule has 0 radical (unpaired) electrons. The Kier molecular flexibility index (Phi) is 3.55. The fourth-order valence-electron chi connectivity index (χ4n) is 1.82. The molecule has 0 aromatic heterocycles. The summed E-state index contributed by atoms with van der Waals surface area (Å²) in [6.07, 6.45) is 0.669. The van der Waals surface area contributed by atoms with Crippen molar-refractivity contribution in [1.82, 2.24) is 0 Å². The minimum absolute atomic E-state index is 0.162. The minimum Gasteiger partial charge on any atom is -0.396 e. The van der Waals surface area contributed by atoms with Crippen LogP contribution in [0.15, 0.2) is 42.5 Å². The van der Waals surface area contributed by atoms with Crippen LogP contribution in [0.2, 0.25) is 0 Å². The molecule has 0 aliphatic heterocycles. The average molecular weight is 230 g/mol. The highest BCUT2D eigenvalue weighted by molar-refractivity contribution is 5.64. The molecule has 17 heavy (non-hydrogen) atoms. The lowest BCUT2D eigenvalue weighted by atomic mass is 10.0. The van der Waals surface area contributed by atoms with E-state index in [4.69, 9.17) is 5.11 Å². The van der Waals surface area contributed by atoms with Gasteiger partial charge >= 0.3 is 0 Å². The summed E-state index contributed by atoms with van der Waals surface area (Å²) in [5.74, 6) is -0.175. The SMILES string of the molecule is Cc1cc(-c2ccc(CCO)cc2)ccc1F. The molecule has 0 bridgehead atoms. The van der Waals surface area contributed by atoms with Crippen molar-refractivity contribution in [2.75, 3.05) is 6.61 Å². The molecule has 2 rings (SSSR count). The maximum absolute atomic E-state index is 13.2. The van der Waals surface area contributed by atoms with Crippen LogP contribution in [-0.4, -0.2) is 11.7 Å². The predicted octanol–water partition coefficient (Wildman–Crippen LogP) is 3.34. The zero-order chi connectivity index (χ0) is 12.3. The lowest BCUT2D eigenvalue weighted by Gasteiger charge is -2.05. The first kappa shape index (κ1) is 11.8. The van der Waals surface area contributed by atoms with Gasteiger partial charge in [-0.05, 0) is 47.7 Å². The van der Waals surface area contributed by atoms with Crippen molar-refractivity contribution in [3.05, 3.63) is 59.4 Å². The maximum atomic E-state index is 13.2. The van der Waals surface area contributed by atoms with Crippen molar-refractivity contribution >= 4 is 0 Å². The molecule has 0 amide bonds. The van der Waals surface area contributed by atoms with E-state index in [1.807, 2.05) is 30.3 Å². The Balaban J connectivity index is 2.30. The highest BCUT2D eigenvalue weighted by atomic mass is 19.1. The van der Waals surface area contributed by atoms with Gasteiger partial charge in [0.1, 0.15) is 5.82 Å². The van der Waals surface area contributed by atoms with Crippen LogP contribution < -0.4 is 0 Å². The summed E-state index contributed by atoms with van der Waals surface area (Å²) in [7, 11) is 0. The summed E-state index contributed by atoms with van der Waals surface area (Å²) in [5, 5.41) is 8.83. The lowest BCUT2D eigenvalue weighted by Crippen LogP contribution is -1.90. The molecule has 0 saturated heterocycles. The first-order valence-corrected chi connectivity index (χ1v) is 5.67. The maximum Gasteiger partial charge on any atom is 0.126 e. The molecule has 0 aliphatic carbocycles. The summed E-state index contributed by atoms with van der Waals surface area (Å²) in [6.45, 7) is 1.92. The normalized spacial score (nSPS) is 10.5. The molecule has 0 fully saturated rings. The number of hydrogen-bond acceptors (Lipinski definition) is 1. The molecule has 2 aromatic rings. The Bertz CT molecular complexity index is 503. The molecule has 2 heteroatoms. The van der Waals surface area contributed by atoms with Crippen LogP contribution in [0.1, 0.15) is 11.1 Å². The number of aliphatic hydroxyl groups excluding tert-OH is 1. The van der Waals surface area contributed by atoms with Gasteiger partial charge in [0.05, 0.1) is 0 Å². The van der Waals surface area contributed by atoms with E-state index >= 15 is 0 Å². The second-order valence-electron chi connectivity index (χ2n) is 4.13. The zero-order valence-corrected chi connectivity index (χ0v) is 9.78. The standard InChI is InChI=1S/C15H15FO/c1-11-10-14(6-7-15(11)16)13-4-2-12(3-5-13)8-9-17/h2-7,10,17H,8-9H2,1H3. The number of aryl methyl sites for hydroxylation is 1. The molecular weight excluding hydrogens is 215 g/mol. The van der Waals surface area contributed by atoms with Crippen LogP contribution in [0.25, 0.3) is 11.1 Å². The lowest BCUT2D eigenvalue weighted by molar-refractivity contribution is 0.299. The average Bonchev–Trinajstić information content (AvgIpc) is 2.34. The Morgan fingerprint density at radius 1 is 1.00 bits per heavy atom. The van der Waals surface area contributed by atoms with Crippen LogP contribution in [-0.2, 0) is 6.42 Å². The molecule has 0 atom stereocenters. The molecule has 0 aliphatic rings. The molecule has 1 N–H and O–H groups in total. The van der Waals surface area contributed by atoms with Gasteiger partial charge in [0.2, 0.25) is 0 Å². The summed E-state index contributed by atoms with van der Waals surface area (Å²) in [5.41, 5.74) is 3.84. The fourth-order valence-corrected chi connectivity index (χ4v) is 1.82. The number of halogens is 1. The van der Waals surface area contributed by atoms with Gasteiger partial charge in [0.15, 0.2) is 0 Å². The third-order valence-corrected chi connectivity index (χ3v) is 2.85. The first-order valence-electron chi connectivity index (χ1n) is 5.67. The van der Waals surface area contributed by atoms with Gasteiger partial charge in [-0.2, -0.15) is 0 Å². The van der Waals surface area contributed by atoms with E-state index in [-0.39, 0.29) is 12.4 Å². The Hall–Kier alpha value is -1.67. The molecule has 88 valence electrons. The first-order chi connectivity index (χ1) is 8.20. The van der Waals surface area contributed by atoms with Gasteiger partial charge < -0.3 is 5.11 Å². The Morgan fingerprint density at radius 2 is 1.65 bits per heavy atom. The molecule has 0 spiro atoms. The van der Waals surface area contributed by atoms with Crippen molar-refractivity contribution in [2.45, 2.75) is 13.3 Å². The van der Waals surface area contributed by atoms with Crippen LogP contribution in [0.3, 0.4) is 0 Å². The molecule has 0 heterocycles. The monoisotopic (exact) mass is 230 g/mol. The Labute approximate surface area is 101 Å². The smallest absolute Gasteiger partial charge is 0.126 e. The van der Waals surface area contributed by atoms with Crippen molar-refractivity contribution in [2.24, 2.45) is 0 Å². The fraction of sp³-hybridized carbons (Fsp3) is 0.200.